The number of nitrogens with one attached hydrogen (secondary N) is 2. The van der Waals surface area contributed by atoms with Crippen molar-refractivity contribution in [3.63, 3.8) is 0 Å². The molecule has 132 valence electrons. The van der Waals surface area contributed by atoms with Gasteiger partial charge >= 0.3 is 6.03 Å². The Bertz CT molecular complexity index is 571. The molecule has 1 aromatic carbocycles. The van der Waals surface area contributed by atoms with Gasteiger partial charge in [-0.05, 0) is 32.3 Å². The van der Waals surface area contributed by atoms with Crippen LogP contribution in [-0.2, 0) is 4.74 Å². The van der Waals surface area contributed by atoms with E-state index >= 15 is 0 Å². The van der Waals surface area contributed by atoms with Crippen molar-refractivity contribution in [2.24, 2.45) is 0 Å². The van der Waals surface area contributed by atoms with E-state index in [0.29, 0.717) is 30.5 Å². The third-order valence-corrected chi connectivity index (χ3v) is 4.18. The summed E-state index contributed by atoms with van der Waals surface area (Å²) in [6.45, 7) is 2.81. The molecule has 0 radical (unpaired) electrons. The van der Waals surface area contributed by atoms with E-state index in [9.17, 15) is 14.9 Å². The number of hydrogen-bond donors (Lipinski definition) is 2. The van der Waals surface area contributed by atoms with Crippen LogP contribution in [0.15, 0.2) is 18.2 Å². The molecular formula is C17H25N3O4. The number of nitrogens with zero attached hydrogens (tertiary/aromatic N) is 1. The molecule has 0 spiro atoms. The van der Waals surface area contributed by atoms with Gasteiger partial charge < -0.3 is 15.4 Å². The Balaban J connectivity index is 1.66. The van der Waals surface area contributed by atoms with E-state index in [2.05, 4.69) is 10.6 Å². The first-order valence-electron chi connectivity index (χ1n) is 8.48. The van der Waals surface area contributed by atoms with Crippen LogP contribution in [-0.4, -0.2) is 30.2 Å². The number of anilines is 1. The highest BCUT2D eigenvalue weighted by Crippen LogP contribution is 2.22. The van der Waals surface area contributed by atoms with Crippen LogP contribution >= 0.6 is 0 Å². The Morgan fingerprint density at radius 1 is 1.33 bits per heavy atom. The number of ether oxygens (including phenoxy) is 1. The lowest BCUT2D eigenvalue weighted by molar-refractivity contribution is -0.385. The fraction of sp³-hybridized carbons (Fsp3) is 0.588. The Hall–Kier alpha value is -2.15. The van der Waals surface area contributed by atoms with Gasteiger partial charge in [-0.25, -0.2) is 4.79 Å². The Labute approximate surface area is 141 Å². The van der Waals surface area contributed by atoms with Crippen LogP contribution < -0.4 is 10.6 Å². The van der Waals surface area contributed by atoms with Crippen molar-refractivity contribution in [2.75, 3.05) is 18.5 Å². The molecular weight excluding hydrogens is 310 g/mol. The summed E-state index contributed by atoms with van der Waals surface area (Å²) < 4.78 is 5.79. The zero-order valence-electron chi connectivity index (χ0n) is 14.0. The van der Waals surface area contributed by atoms with Gasteiger partial charge in [-0.3, -0.25) is 10.1 Å². The molecule has 7 nitrogen and oxygen atoms in total. The van der Waals surface area contributed by atoms with E-state index < -0.39 is 4.92 Å². The molecule has 0 bridgehead atoms. The summed E-state index contributed by atoms with van der Waals surface area (Å²) in [5.74, 6) is 0. The number of nitro groups is 1. The Kier molecular flexibility index (Phi) is 6.99. The molecule has 0 unspecified atom stereocenters. The predicted octanol–water partition coefficient (Wildman–Crippen LogP) is 3.76. The molecule has 24 heavy (non-hydrogen) atoms. The fourth-order valence-electron chi connectivity index (χ4n) is 2.82. The Morgan fingerprint density at radius 2 is 2.08 bits per heavy atom. The minimum atomic E-state index is -0.457. The van der Waals surface area contributed by atoms with Gasteiger partial charge in [0.1, 0.15) is 0 Å². The molecule has 1 aromatic rings. The molecule has 0 aromatic heterocycles. The van der Waals surface area contributed by atoms with Crippen LogP contribution in [0.3, 0.4) is 0 Å². The minimum absolute atomic E-state index is 0.00585. The highest BCUT2D eigenvalue weighted by Gasteiger charge is 2.14. The van der Waals surface area contributed by atoms with Crippen molar-refractivity contribution in [1.29, 1.82) is 0 Å². The van der Waals surface area contributed by atoms with E-state index in [-0.39, 0.29) is 11.7 Å². The quantitative estimate of drug-likeness (QED) is 0.450. The van der Waals surface area contributed by atoms with Gasteiger partial charge in [0, 0.05) is 30.5 Å². The van der Waals surface area contributed by atoms with E-state index in [0.717, 1.165) is 19.3 Å². The first kappa shape index (κ1) is 18.2. The first-order valence-corrected chi connectivity index (χ1v) is 8.48. The standard InChI is InChI=1S/C17H25N3O4/c1-13-8-9-14(12-16(13)20(22)23)19-17(21)18-10-5-11-24-15-6-3-2-4-7-15/h8-9,12,15H,2-7,10-11H2,1H3,(H2,18,19,21). The first-order chi connectivity index (χ1) is 11.6. The van der Waals surface area contributed by atoms with Gasteiger partial charge in [-0.15, -0.1) is 0 Å². The topological polar surface area (TPSA) is 93.5 Å². The smallest absolute Gasteiger partial charge is 0.319 e. The van der Waals surface area contributed by atoms with Gasteiger partial charge in [0.2, 0.25) is 0 Å². The van der Waals surface area contributed by atoms with Crippen molar-refractivity contribution in [2.45, 2.75) is 51.6 Å². The van der Waals surface area contributed by atoms with Crippen molar-refractivity contribution >= 4 is 17.4 Å². The third kappa shape index (κ3) is 5.81. The number of aryl methyl sites for hydroxylation is 1. The van der Waals surface area contributed by atoms with Crippen molar-refractivity contribution in [3.8, 4) is 0 Å². The Morgan fingerprint density at radius 3 is 2.79 bits per heavy atom. The number of carbonyl (C=O) groups is 1. The summed E-state index contributed by atoms with van der Waals surface area (Å²) in [5.41, 5.74) is 0.961. The zero-order chi connectivity index (χ0) is 17.4. The average Bonchev–Trinajstić information content (AvgIpc) is 2.57. The zero-order valence-corrected chi connectivity index (χ0v) is 14.0. The van der Waals surface area contributed by atoms with Crippen LogP contribution in [0.5, 0.6) is 0 Å². The van der Waals surface area contributed by atoms with E-state index in [1.807, 2.05) is 0 Å². The van der Waals surface area contributed by atoms with E-state index in [4.69, 9.17) is 4.74 Å². The summed E-state index contributed by atoms with van der Waals surface area (Å²) in [7, 11) is 0. The molecule has 2 N–H and O–H groups in total. The third-order valence-electron chi connectivity index (χ3n) is 4.18. The summed E-state index contributed by atoms with van der Waals surface area (Å²) in [4.78, 5) is 22.3. The van der Waals surface area contributed by atoms with Crippen LogP contribution in [0, 0.1) is 17.0 Å². The largest absolute Gasteiger partial charge is 0.378 e. The average molecular weight is 335 g/mol. The molecule has 7 heteroatoms. The molecule has 1 saturated carbocycles. The highest BCUT2D eigenvalue weighted by molar-refractivity contribution is 5.89. The number of carbonyl (C=O) groups excluding carboxylic acids is 1. The number of nitro benzene ring substituents is 1. The fourth-order valence-corrected chi connectivity index (χ4v) is 2.82. The molecule has 0 saturated heterocycles. The van der Waals surface area contributed by atoms with Crippen LogP contribution in [0.25, 0.3) is 0 Å². The van der Waals surface area contributed by atoms with Gasteiger partial charge in [0.25, 0.3) is 5.69 Å². The lowest BCUT2D eigenvalue weighted by Crippen LogP contribution is -2.30. The molecule has 0 atom stereocenters. The van der Waals surface area contributed by atoms with Crippen LogP contribution in [0.1, 0.15) is 44.1 Å². The number of benzene rings is 1. The maximum Gasteiger partial charge on any atom is 0.319 e. The highest BCUT2D eigenvalue weighted by atomic mass is 16.6. The predicted molar refractivity (Wildman–Crippen MR) is 92.3 cm³/mol. The lowest BCUT2D eigenvalue weighted by Gasteiger charge is -2.21. The molecule has 2 amide bonds. The summed E-state index contributed by atoms with van der Waals surface area (Å²) in [5, 5.41) is 16.2. The second kappa shape index (κ2) is 9.22. The normalized spacial score (nSPS) is 15.0. The molecule has 1 fully saturated rings. The number of hydrogen-bond acceptors (Lipinski definition) is 4. The lowest BCUT2D eigenvalue weighted by atomic mass is 9.98. The summed E-state index contributed by atoms with van der Waals surface area (Å²) in [6, 6.07) is 4.26. The van der Waals surface area contributed by atoms with Gasteiger partial charge in [-0.1, -0.05) is 25.3 Å². The van der Waals surface area contributed by atoms with Crippen molar-refractivity contribution < 1.29 is 14.5 Å². The van der Waals surface area contributed by atoms with Crippen LogP contribution in [0.4, 0.5) is 16.2 Å². The molecule has 2 rings (SSSR count). The maximum atomic E-state index is 11.8. The number of amides is 2. The maximum absolute atomic E-state index is 11.8. The second-order valence-electron chi connectivity index (χ2n) is 6.12. The molecule has 0 heterocycles. The van der Waals surface area contributed by atoms with Crippen molar-refractivity contribution in [1.82, 2.24) is 5.32 Å². The van der Waals surface area contributed by atoms with Gasteiger partial charge in [0.05, 0.1) is 11.0 Å². The SMILES string of the molecule is Cc1ccc(NC(=O)NCCCOC2CCCCC2)cc1[N+](=O)[O-]. The summed E-state index contributed by atoms with van der Waals surface area (Å²) >= 11 is 0. The summed E-state index contributed by atoms with van der Waals surface area (Å²) in [6.07, 6.45) is 7.19. The van der Waals surface area contributed by atoms with E-state index in [1.165, 1.54) is 25.3 Å². The monoisotopic (exact) mass is 335 g/mol. The second-order valence-corrected chi connectivity index (χ2v) is 6.12. The van der Waals surface area contributed by atoms with Gasteiger partial charge in [0.15, 0.2) is 0 Å². The molecule has 1 aliphatic carbocycles. The molecule has 1 aliphatic rings. The van der Waals surface area contributed by atoms with Crippen molar-refractivity contribution in [3.05, 3.63) is 33.9 Å². The van der Waals surface area contributed by atoms with Crippen LogP contribution in [0.2, 0.25) is 0 Å². The van der Waals surface area contributed by atoms with E-state index in [1.54, 1.807) is 19.1 Å². The van der Waals surface area contributed by atoms with Gasteiger partial charge in [-0.2, -0.15) is 0 Å². The number of urea groups is 1. The minimum Gasteiger partial charge on any atom is -0.378 e. The molecule has 0 aliphatic heterocycles. The number of rotatable bonds is 7.